The number of hydrogen-bond donors (Lipinski definition) is 3. The first-order chi connectivity index (χ1) is 20.6. The lowest BCUT2D eigenvalue weighted by atomic mass is 10.0. The molecule has 0 spiro atoms. The van der Waals surface area contributed by atoms with Gasteiger partial charge in [-0.1, -0.05) is 54.6 Å². The first-order valence-corrected chi connectivity index (χ1v) is 15.0. The van der Waals surface area contributed by atoms with E-state index in [2.05, 4.69) is 37.5 Å². The highest BCUT2D eigenvalue weighted by Gasteiger charge is 2.25. The van der Waals surface area contributed by atoms with E-state index >= 15 is 0 Å². The van der Waals surface area contributed by atoms with Crippen LogP contribution in [0.5, 0.6) is 11.5 Å². The molecule has 2 fully saturated rings. The largest absolute Gasteiger partial charge is 0.454 e. The van der Waals surface area contributed by atoms with Gasteiger partial charge in [0.1, 0.15) is 0 Å². The minimum atomic E-state index is -0.382. The third kappa shape index (κ3) is 7.41. The zero-order chi connectivity index (χ0) is 28.7. The molecule has 9 heteroatoms. The van der Waals surface area contributed by atoms with Gasteiger partial charge in [-0.05, 0) is 42.2 Å². The number of likely N-dealkylation sites (tertiary alicyclic amines) is 1. The number of fused-ring (bicyclic) bond motifs is 1. The first-order valence-electron chi connectivity index (χ1n) is 15.0. The molecule has 0 aromatic heterocycles. The molecular weight excluding hydrogens is 530 g/mol. The van der Waals surface area contributed by atoms with Gasteiger partial charge in [0.25, 0.3) is 0 Å². The van der Waals surface area contributed by atoms with E-state index in [4.69, 9.17) is 9.47 Å². The van der Waals surface area contributed by atoms with Crippen LogP contribution in [0.1, 0.15) is 18.4 Å². The Morgan fingerprint density at radius 2 is 1.48 bits per heavy atom. The van der Waals surface area contributed by atoms with Crippen molar-refractivity contribution in [2.75, 3.05) is 64.5 Å². The summed E-state index contributed by atoms with van der Waals surface area (Å²) in [5, 5.41) is 17.0. The number of β-amino-alcohol motifs (C(OH)–C–C–N with tert-alkyl or cyclic N) is 1. The zero-order valence-corrected chi connectivity index (χ0v) is 24.1. The quantitative estimate of drug-likeness (QED) is 0.360. The fourth-order valence-corrected chi connectivity index (χ4v) is 6.15. The van der Waals surface area contributed by atoms with Crippen molar-refractivity contribution in [3.05, 3.63) is 78.4 Å². The number of nitrogens with one attached hydrogen (secondary N) is 2. The number of benzene rings is 3. The first kappa shape index (κ1) is 28.5. The number of anilines is 1. The zero-order valence-electron chi connectivity index (χ0n) is 24.1. The lowest BCUT2D eigenvalue weighted by Crippen LogP contribution is -2.51. The molecule has 3 aliphatic heterocycles. The molecule has 0 saturated carbocycles. The van der Waals surface area contributed by atoms with E-state index in [0.29, 0.717) is 19.9 Å². The Balaban J connectivity index is 0.886. The Morgan fingerprint density at radius 3 is 2.26 bits per heavy atom. The number of nitrogens with zero attached hydrogens (tertiary/aromatic N) is 3. The van der Waals surface area contributed by atoms with Gasteiger partial charge in [0, 0.05) is 70.5 Å². The number of hydrogen-bond acceptors (Lipinski definition) is 7. The summed E-state index contributed by atoms with van der Waals surface area (Å²) in [5.74, 6) is 1.66. The maximum atomic E-state index is 12.8. The number of aliphatic hydroxyl groups excluding tert-OH is 1. The normalized spacial score (nSPS) is 19.0. The van der Waals surface area contributed by atoms with Gasteiger partial charge in [-0.3, -0.25) is 9.80 Å². The summed E-state index contributed by atoms with van der Waals surface area (Å²) in [6, 6.07) is 24.1. The molecule has 2 saturated heterocycles. The topological polar surface area (TPSA) is 89.5 Å². The molecule has 3 heterocycles. The van der Waals surface area contributed by atoms with Gasteiger partial charge in [0.15, 0.2) is 11.5 Å². The lowest BCUT2D eigenvalue weighted by molar-refractivity contribution is 0.0429. The number of carbonyl (C=O) groups excluding carboxylic acids is 1. The molecule has 0 bridgehead atoms. The predicted molar refractivity (Wildman–Crippen MR) is 164 cm³/mol. The smallest absolute Gasteiger partial charge is 0.319 e. The van der Waals surface area contributed by atoms with E-state index in [0.717, 1.165) is 87.0 Å². The van der Waals surface area contributed by atoms with Gasteiger partial charge < -0.3 is 30.1 Å². The third-order valence-corrected chi connectivity index (χ3v) is 8.43. The molecular formula is C33H41N5O4. The summed E-state index contributed by atoms with van der Waals surface area (Å²) in [6.07, 6.45) is 1.37. The lowest BCUT2D eigenvalue weighted by Gasteiger charge is -2.37. The molecule has 9 nitrogen and oxygen atoms in total. The van der Waals surface area contributed by atoms with E-state index in [-0.39, 0.29) is 18.2 Å². The average Bonchev–Trinajstić information content (AvgIpc) is 3.48. The van der Waals surface area contributed by atoms with Crippen LogP contribution in [0.25, 0.3) is 11.1 Å². The number of piperidine rings is 1. The summed E-state index contributed by atoms with van der Waals surface area (Å²) in [7, 11) is 0. The van der Waals surface area contributed by atoms with E-state index in [9.17, 15) is 9.90 Å². The molecule has 1 unspecified atom stereocenters. The van der Waals surface area contributed by atoms with Crippen molar-refractivity contribution >= 4 is 11.7 Å². The molecule has 3 N–H and O–H groups in total. The van der Waals surface area contributed by atoms with Crippen molar-refractivity contribution < 1.29 is 19.4 Å². The van der Waals surface area contributed by atoms with Crippen molar-refractivity contribution in [3.8, 4) is 22.6 Å². The summed E-state index contributed by atoms with van der Waals surface area (Å²) < 4.78 is 10.9. The fraction of sp³-hybridized carbons (Fsp3) is 0.424. The fourth-order valence-electron chi connectivity index (χ4n) is 6.15. The Labute approximate surface area is 248 Å². The van der Waals surface area contributed by atoms with Gasteiger partial charge in [0.05, 0.1) is 11.8 Å². The van der Waals surface area contributed by atoms with Crippen molar-refractivity contribution in [2.24, 2.45) is 0 Å². The van der Waals surface area contributed by atoms with Crippen LogP contribution in [0, 0.1) is 0 Å². The molecule has 0 radical (unpaired) electrons. The minimum Gasteiger partial charge on any atom is -0.454 e. The maximum Gasteiger partial charge on any atom is 0.319 e. The Morgan fingerprint density at radius 1 is 0.810 bits per heavy atom. The summed E-state index contributed by atoms with van der Waals surface area (Å²) in [5.41, 5.74) is 4.11. The van der Waals surface area contributed by atoms with Crippen molar-refractivity contribution in [1.29, 1.82) is 0 Å². The van der Waals surface area contributed by atoms with Crippen LogP contribution >= 0.6 is 0 Å². The van der Waals surface area contributed by atoms with Gasteiger partial charge >= 0.3 is 6.03 Å². The van der Waals surface area contributed by atoms with Crippen LogP contribution in [-0.2, 0) is 6.54 Å². The third-order valence-electron chi connectivity index (χ3n) is 8.43. The number of para-hydroxylation sites is 1. The number of urea groups is 1. The van der Waals surface area contributed by atoms with Crippen molar-refractivity contribution in [1.82, 2.24) is 20.0 Å². The molecule has 2 amide bonds. The van der Waals surface area contributed by atoms with Crippen molar-refractivity contribution in [3.63, 3.8) is 0 Å². The van der Waals surface area contributed by atoms with Gasteiger partial charge in [-0.25, -0.2) is 4.79 Å². The molecule has 1 atom stereocenters. The highest BCUT2D eigenvalue weighted by molar-refractivity contribution is 5.94. The second kappa shape index (κ2) is 13.6. The second-order valence-corrected chi connectivity index (χ2v) is 11.5. The van der Waals surface area contributed by atoms with Crippen LogP contribution in [0.3, 0.4) is 0 Å². The Bertz CT molecular complexity index is 1320. The number of ether oxygens (including phenoxy) is 2. The monoisotopic (exact) mass is 571 g/mol. The second-order valence-electron chi connectivity index (χ2n) is 11.5. The minimum absolute atomic E-state index is 0.125. The molecule has 3 aromatic carbocycles. The standard InChI is InChI=1S/C33H41N5O4/c39-28(23-38-18-16-37(17-19-38)21-25-10-11-31-32(20-25)42-24-41-31)22-36-14-12-27(13-15-36)34-33(40)35-30-9-5-4-8-29(30)26-6-2-1-3-7-26/h1-11,20,27-28,39H,12-19,21-24H2,(H2,34,35,40). The molecule has 0 aliphatic carbocycles. The molecule has 3 aromatic rings. The average molecular weight is 572 g/mol. The van der Waals surface area contributed by atoms with Crippen LogP contribution in [-0.4, -0.2) is 97.1 Å². The Hall–Kier alpha value is -3.63. The van der Waals surface area contributed by atoms with E-state index in [1.165, 1.54) is 5.56 Å². The number of rotatable bonds is 9. The number of piperazine rings is 1. The summed E-state index contributed by atoms with van der Waals surface area (Å²) in [4.78, 5) is 20.0. The molecule has 42 heavy (non-hydrogen) atoms. The number of amides is 2. The van der Waals surface area contributed by atoms with Gasteiger partial charge in [-0.2, -0.15) is 0 Å². The van der Waals surface area contributed by atoms with Crippen molar-refractivity contribution in [2.45, 2.75) is 31.5 Å². The highest BCUT2D eigenvalue weighted by Crippen LogP contribution is 2.33. The van der Waals surface area contributed by atoms with E-state index in [1.54, 1.807) is 0 Å². The van der Waals surface area contributed by atoms with E-state index in [1.807, 2.05) is 60.7 Å². The van der Waals surface area contributed by atoms with Crippen LogP contribution in [0.2, 0.25) is 0 Å². The summed E-state index contributed by atoms with van der Waals surface area (Å²) >= 11 is 0. The van der Waals surface area contributed by atoms with Gasteiger partial charge in [0.2, 0.25) is 6.79 Å². The van der Waals surface area contributed by atoms with Gasteiger partial charge in [-0.15, -0.1) is 0 Å². The van der Waals surface area contributed by atoms with Crippen LogP contribution < -0.4 is 20.1 Å². The predicted octanol–water partition coefficient (Wildman–Crippen LogP) is 3.85. The molecule has 3 aliphatic rings. The maximum absolute atomic E-state index is 12.8. The molecule has 6 rings (SSSR count). The number of aliphatic hydroxyl groups is 1. The summed E-state index contributed by atoms with van der Waals surface area (Å²) in [6.45, 7) is 8.17. The van der Waals surface area contributed by atoms with Crippen LogP contribution in [0.4, 0.5) is 10.5 Å². The molecule has 222 valence electrons. The van der Waals surface area contributed by atoms with Crippen LogP contribution in [0.15, 0.2) is 72.8 Å². The highest BCUT2D eigenvalue weighted by atomic mass is 16.7. The van der Waals surface area contributed by atoms with E-state index < -0.39 is 0 Å². The SMILES string of the molecule is O=C(Nc1ccccc1-c1ccccc1)NC1CCN(CC(O)CN2CCN(Cc3ccc4c(c3)OCO4)CC2)CC1. The Kier molecular flexibility index (Phi) is 9.20. The number of carbonyl (C=O) groups is 1.